The Morgan fingerprint density at radius 2 is 1.73 bits per heavy atom. The van der Waals surface area contributed by atoms with Crippen LogP contribution in [0.1, 0.15) is 19.4 Å². The number of amides is 2. The van der Waals surface area contributed by atoms with E-state index in [1.807, 2.05) is 13.8 Å². The molecule has 0 fully saturated rings. The third-order valence-electron chi connectivity index (χ3n) is 4.55. The highest BCUT2D eigenvalue weighted by atomic mass is 16.6. The number of ether oxygens (including phenoxy) is 2. The third kappa shape index (κ3) is 6.07. The average molecular weight is 418 g/mol. The van der Waals surface area contributed by atoms with Gasteiger partial charge in [-0.3, -0.25) is 9.59 Å². The standard InChI is InChI=1S/C21H26N2O7/c1-5-23(6-2)18(24)11-22(4)19(25)12-29-21(27)13-28-15-7-8-16-14(3)9-20(26)30-17(16)10-15/h7-10H,5-6,11-13H2,1-4H3. The maximum absolute atomic E-state index is 12.1. The Morgan fingerprint density at radius 3 is 2.40 bits per heavy atom. The van der Waals surface area contributed by atoms with E-state index in [0.29, 0.717) is 24.4 Å². The van der Waals surface area contributed by atoms with E-state index in [9.17, 15) is 19.2 Å². The van der Waals surface area contributed by atoms with Crippen molar-refractivity contribution in [1.29, 1.82) is 0 Å². The maximum Gasteiger partial charge on any atom is 0.344 e. The first-order chi connectivity index (χ1) is 14.2. The third-order valence-corrected chi connectivity index (χ3v) is 4.55. The molecule has 0 spiro atoms. The van der Waals surface area contributed by atoms with E-state index in [0.717, 1.165) is 10.9 Å². The van der Waals surface area contributed by atoms with E-state index >= 15 is 0 Å². The SMILES string of the molecule is CCN(CC)C(=O)CN(C)C(=O)COC(=O)COc1ccc2c(C)cc(=O)oc2c1. The molecule has 1 aromatic carbocycles. The van der Waals surface area contributed by atoms with E-state index in [2.05, 4.69) is 0 Å². The van der Waals surface area contributed by atoms with Gasteiger partial charge in [-0.25, -0.2) is 9.59 Å². The van der Waals surface area contributed by atoms with Gasteiger partial charge in [-0.1, -0.05) is 0 Å². The fraction of sp³-hybridized carbons (Fsp3) is 0.429. The van der Waals surface area contributed by atoms with E-state index in [-0.39, 0.29) is 12.5 Å². The molecule has 0 aliphatic carbocycles. The summed E-state index contributed by atoms with van der Waals surface area (Å²) >= 11 is 0. The van der Waals surface area contributed by atoms with Gasteiger partial charge in [0.1, 0.15) is 11.3 Å². The molecule has 30 heavy (non-hydrogen) atoms. The summed E-state index contributed by atoms with van der Waals surface area (Å²) in [5.74, 6) is -1.09. The smallest absolute Gasteiger partial charge is 0.344 e. The highest BCUT2D eigenvalue weighted by Gasteiger charge is 2.18. The molecule has 2 rings (SSSR count). The Bertz CT molecular complexity index is 979. The number of rotatable bonds is 9. The first kappa shape index (κ1) is 22.9. The molecule has 0 saturated carbocycles. The summed E-state index contributed by atoms with van der Waals surface area (Å²) in [5, 5.41) is 0.761. The predicted octanol–water partition coefficient (Wildman–Crippen LogP) is 1.35. The van der Waals surface area contributed by atoms with Crippen molar-refractivity contribution in [2.75, 3.05) is 39.9 Å². The number of aryl methyl sites for hydroxylation is 1. The molecule has 1 aromatic heterocycles. The van der Waals surface area contributed by atoms with Crippen molar-refractivity contribution >= 4 is 28.8 Å². The fourth-order valence-corrected chi connectivity index (χ4v) is 2.80. The van der Waals surface area contributed by atoms with Crippen molar-refractivity contribution in [2.45, 2.75) is 20.8 Å². The Balaban J connectivity index is 1.83. The zero-order chi connectivity index (χ0) is 22.3. The van der Waals surface area contributed by atoms with Crippen LogP contribution in [0, 0.1) is 6.92 Å². The Morgan fingerprint density at radius 1 is 1.03 bits per heavy atom. The normalized spacial score (nSPS) is 10.5. The molecular formula is C21H26N2O7. The van der Waals surface area contributed by atoms with Crippen LogP contribution in [0.4, 0.5) is 0 Å². The highest BCUT2D eigenvalue weighted by Crippen LogP contribution is 2.22. The van der Waals surface area contributed by atoms with Gasteiger partial charge in [-0.2, -0.15) is 0 Å². The lowest BCUT2D eigenvalue weighted by atomic mass is 10.1. The van der Waals surface area contributed by atoms with Crippen LogP contribution >= 0.6 is 0 Å². The topological polar surface area (TPSA) is 106 Å². The number of carbonyl (C=O) groups excluding carboxylic acids is 3. The van der Waals surface area contributed by atoms with Crippen LogP contribution in [0.25, 0.3) is 11.0 Å². The first-order valence-electron chi connectivity index (χ1n) is 9.59. The van der Waals surface area contributed by atoms with Gasteiger partial charge in [0.2, 0.25) is 5.91 Å². The monoisotopic (exact) mass is 418 g/mol. The van der Waals surface area contributed by atoms with Crippen LogP contribution in [0.3, 0.4) is 0 Å². The number of nitrogens with zero attached hydrogens (tertiary/aromatic N) is 2. The van der Waals surface area contributed by atoms with Gasteiger partial charge in [-0.05, 0) is 38.5 Å². The van der Waals surface area contributed by atoms with E-state index in [1.165, 1.54) is 24.1 Å². The van der Waals surface area contributed by atoms with Crippen LogP contribution < -0.4 is 10.4 Å². The average Bonchev–Trinajstić information content (AvgIpc) is 2.70. The molecular weight excluding hydrogens is 392 g/mol. The Labute approximate surface area is 174 Å². The minimum absolute atomic E-state index is 0.0870. The predicted molar refractivity (Wildman–Crippen MR) is 109 cm³/mol. The van der Waals surface area contributed by atoms with Crippen molar-refractivity contribution in [2.24, 2.45) is 0 Å². The lowest BCUT2D eigenvalue weighted by Crippen LogP contribution is -2.42. The fourth-order valence-electron chi connectivity index (χ4n) is 2.80. The lowest BCUT2D eigenvalue weighted by molar-refractivity contribution is -0.154. The van der Waals surface area contributed by atoms with Gasteiger partial charge in [0.15, 0.2) is 13.2 Å². The molecule has 0 aliphatic heterocycles. The molecule has 0 aliphatic rings. The number of hydrogen-bond donors (Lipinski definition) is 0. The Kier molecular flexibility index (Phi) is 7.97. The van der Waals surface area contributed by atoms with Gasteiger partial charge < -0.3 is 23.7 Å². The minimum atomic E-state index is -0.738. The van der Waals surface area contributed by atoms with Crippen molar-refractivity contribution < 1.29 is 28.3 Å². The van der Waals surface area contributed by atoms with Crippen LogP contribution in [0.15, 0.2) is 33.5 Å². The van der Waals surface area contributed by atoms with Crippen LogP contribution in [0.2, 0.25) is 0 Å². The minimum Gasteiger partial charge on any atom is -0.482 e. The quantitative estimate of drug-likeness (QED) is 0.447. The molecule has 2 amide bonds. The molecule has 0 unspecified atom stereocenters. The zero-order valence-electron chi connectivity index (χ0n) is 17.6. The van der Waals surface area contributed by atoms with E-state index < -0.39 is 30.7 Å². The molecule has 0 atom stereocenters. The summed E-state index contributed by atoms with van der Waals surface area (Å²) in [6.07, 6.45) is 0. The van der Waals surface area contributed by atoms with Gasteiger partial charge in [0.25, 0.3) is 5.91 Å². The first-order valence-corrected chi connectivity index (χ1v) is 9.59. The van der Waals surface area contributed by atoms with Crippen molar-refractivity contribution in [1.82, 2.24) is 9.80 Å². The summed E-state index contributed by atoms with van der Waals surface area (Å²) in [5.41, 5.74) is 0.647. The number of carbonyl (C=O) groups is 3. The van der Waals surface area contributed by atoms with Gasteiger partial charge >= 0.3 is 11.6 Å². The van der Waals surface area contributed by atoms with Crippen molar-refractivity contribution in [3.8, 4) is 5.75 Å². The van der Waals surface area contributed by atoms with Crippen LogP contribution in [-0.2, 0) is 19.1 Å². The summed E-state index contributed by atoms with van der Waals surface area (Å²) in [6, 6.07) is 6.26. The van der Waals surface area contributed by atoms with Gasteiger partial charge in [0, 0.05) is 37.7 Å². The second-order valence-electron chi connectivity index (χ2n) is 6.67. The number of likely N-dealkylation sites (N-methyl/N-ethyl adjacent to an activating group) is 2. The largest absolute Gasteiger partial charge is 0.482 e. The van der Waals surface area contributed by atoms with E-state index in [1.54, 1.807) is 24.0 Å². The number of fused-ring (bicyclic) bond motifs is 1. The molecule has 0 N–H and O–H groups in total. The number of benzene rings is 1. The molecule has 162 valence electrons. The number of hydrogen-bond acceptors (Lipinski definition) is 7. The van der Waals surface area contributed by atoms with Crippen molar-refractivity contribution in [3.63, 3.8) is 0 Å². The molecule has 0 radical (unpaired) electrons. The zero-order valence-corrected chi connectivity index (χ0v) is 17.6. The number of esters is 1. The lowest BCUT2D eigenvalue weighted by Gasteiger charge is -2.23. The van der Waals surface area contributed by atoms with Gasteiger partial charge in [0.05, 0.1) is 6.54 Å². The van der Waals surface area contributed by atoms with Crippen LogP contribution in [0.5, 0.6) is 5.75 Å². The summed E-state index contributed by atoms with van der Waals surface area (Å²) < 4.78 is 15.4. The molecule has 9 nitrogen and oxygen atoms in total. The summed E-state index contributed by atoms with van der Waals surface area (Å²) in [6.45, 7) is 5.62. The van der Waals surface area contributed by atoms with Gasteiger partial charge in [-0.15, -0.1) is 0 Å². The van der Waals surface area contributed by atoms with Crippen LogP contribution in [-0.4, -0.2) is 67.5 Å². The molecule has 0 bridgehead atoms. The van der Waals surface area contributed by atoms with Crippen molar-refractivity contribution in [3.05, 3.63) is 40.2 Å². The summed E-state index contributed by atoms with van der Waals surface area (Å²) in [7, 11) is 1.47. The molecule has 1 heterocycles. The second kappa shape index (κ2) is 10.4. The maximum atomic E-state index is 12.1. The molecule has 0 saturated heterocycles. The highest BCUT2D eigenvalue weighted by molar-refractivity contribution is 5.86. The Hall–Kier alpha value is -3.36. The van der Waals surface area contributed by atoms with E-state index in [4.69, 9.17) is 13.9 Å². The summed E-state index contributed by atoms with van der Waals surface area (Å²) in [4.78, 5) is 50.3. The second-order valence-corrected chi connectivity index (χ2v) is 6.67. The molecule has 2 aromatic rings. The molecule has 9 heteroatoms.